The smallest absolute Gasteiger partial charge is 0.306 e. The maximum atomic E-state index is 12.8. The van der Waals surface area contributed by atoms with E-state index in [0.29, 0.717) is 19.4 Å². The first-order valence-electron chi connectivity index (χ1n) is 27.8. The van der Waals surface area contributed by atoms with E-state index < -0.39 is 6.10 Å². The number of esters is 2. The minimum atomic E-state index is -0.543. The molecule has 0 radical (unpaired) electrons. The quantitative estimate of drug-likeness (QED) is 0.0346. The first-order valence-corrected chi connectivity index (χ1v) is 27.8. The fourth-order valence-electron chi connectivity index (χ4n) is 7.84. The molecule has 0 saturated carbocycles. The Hall–Kier alpha value is -2.40. The molecular weight excluding hydrogens is 789 g/mol. The minimum absolute atomic E-state index is 0.0786. The van der Waals surface area contributed by atoms with Gasteiger partial charge in [-0.2, -0.15) is 0 Å². The van der Waals surface area contributed by atoms with E-state index in [1.165, 1.54) is 180 Å². The molecule has 372 valence electrons. The number of carbonyl (C=O) groups excluding carboxylic acids is 2. The van der Waals surface area contributed by atoms with Gasteiger partial charge in [0, 0.05) is 19.4 Å². The summed E-state index contributed by atoms with van der Waals surface area (Å²) in [6, 6.07) is 0. The molecule has 0 fully saturated rings. The number of ether oxygens (including phenoxy) is 3. The standard InChI is InChI=1S/C59H106O5/c1-4-7-10-13-16-19-22-24-26-28-29-30-32-34-36-39-42-45-48-51-54-62-55-57(64-59(61)53-50-47-44-41-37-21-18-15-12-9-6-3)56-63-58(60)52-49-46-43-40-38-35-33-31-27-25-23-20-17-14-11-8-5-2/h16-17,19-20,24-27,29-30,57H,4-15,18,21-23,28,31-56H2,1-3H3/b19-16-,20-17-,26-24-,27-25-,30-29-. The molecule has 0 aliphatic rings. The summed E-state index contributed by atoms with van der Waals surface area (Å²) in [5.41, 5.74) is 0. The van der Waals surface area contributed by atoms with Gasteiger partial charge in [0.25, 0.3) is 0 Å². The number of hydrogen-bond acceptors (Lipinski definition) is 5. The van der Waals surface area contributed by atoms with Gasteiger partial charge in [-0.1, -0.05) is 236 Å². The average molecular weight is 895 g/mol. The van der Waals surface area contributed by atoms with E-state index in [2.05, 4.69) is 81.5 Å². The highest BCUT2D eigenvalue weighted by Gasteiger charge is 2.17. The molecule has 1 unspecified atom stereocenters. The van der Waals surface area contributed by atoms with Crippen LogP contribution < -0.4 is 0 Å². The number of unbranched alkanes of at least 4 members (excludes halogenated alkanes) is 30. The third kappa shape index (κ3) is 52.2. The van der Waals surface area contributed by atoms with Gasteiger partial charge in [0.2, 0.25) is 0 Å². The number of rotatable bonds is 51. The fraction of sp³-hybridized carbons (Fsp3) is 0.797. The van der Waals surface area contributed by atoms with Crippen LogP contribution in [-0.2, 0) is 23.8 Å². The zero-order chi connectivity index (χ0) is 46.3. The van der Waals surface area contributed by atoms with Crippen LogP contribution in [0.3, 0.4) is 0 Å². The van der Waals surface area contributed by atoms with Crippen LogP contribution in [0.15, 0.2) is 60.8 Å². The molecule has 0 bridgehead atoms. The Balaban J connectivity index is 4.24. The lowest BCUT2D eigenvalue weighted by Crippen LogP contribution is -2.30. The van der Waals surface area contributed by atoms with Crippen molar-refractivity contribution in [1.29, 1.82) is 0 Å². The zero-order valence-electron chi connectivity index (χ0n) is 42.8. The maximum Gasteiger partial charge on any atom is 0.306 e. The topological polar surface area (TPSA) is 61.8 Å². The highest BCUT2D eigenvalue weighted by atomic mass is 16.6. The Morgan fingerprint density at radius 2 is 0.656 bits per heavy atom. The van der Waals surface area contributed by atoms with Crippen molar-refractivity contribution in [3.8, 4) is 0 Å². The predicted octanol–water partition coefficient (Wildman–Crippen LogP) is 18.9. The van der Waals surface area contributed by atoms with Gasteiger partial charge in [-0.3, -0.25) is 9.59 Å². The fourth-order valence-corrected chi connectivity index (χ4v) is 7.84. The Labute approximate surface area is 398 Å². The van der Waals surface area contributed by atoms with Crippen molar-refractivity contribution in [3.05, 3.63) is 60.8 Å². The van der Waals surface area contributed by atoms with Crippen LogP contribution in [0, 0.1) is 0 Å². The van der Waals surface area contributed by atoms with Crippen molar-refractivity contribution in [1.82, 2.24) is 0 Å². The molecule has 0 spiro atoms. The summed E-state index contributed by atoms with van der Waals surface area (Å²) < 4.78 is 17.4. The second kappa shape index (κ2) is 54.9. The normalized spacial score (nSPS) is 12.6. The number of carbonyl (C=O) groups is 2. The maximum absolute atomic E-state index is 12.8. The van der Waals surface area contributed by atoms with Crippen molar-refractivity contribution in [2.45, 2.75) is 284 Å². The Morgan fingerprint density at radius 1 is 0.344 bits per heavy atom. The number of hydrogen-bond donors (Lipinski definition) is 0. The molecule has 5 heteroatoms. The van der Waals surface area contributed by atoms with Crippen LogP contribution >= 0.6 is 0 Å². The molecule has 0 aromatic heterocycles. The van der Waals surface area contributed by atoms with Crippen molar-refractivity contribution >= 4 is 11.9 Å². The molecule has 0 saturated heterocycles. The molecule has 0 N–H and O–H groups in total. The van der Waals surface area contributed by atoms with Gasteiger partial charge in [0.15, 0.2) is 6.10 Å². The predicted molar refractivity (Wildman–Crippen MR) is 279 cm³/mol. The van der Waals surface area contributed by atoms with E-state index in [0.717, 1.165) is 64.2 Å². The van der Waals surface area contributed by atoms with E-state index in [9.17, 15) is 9.59 Å². The lowest BCUT2D eigenvalue weighted by Gasteiger charge is -2.18. The van der Waals surface area contributed by atoms with Crippen molar-refractivity contribution in [3.63, 3.8) is 0 Å². The third-order valence-corrected chi connectivity index (χ3v) is 12.0. The van der Waals surface area contributed by atoms with Gasteiger partial charge < -0.3 is 14.2 Å². The third-order valence-electron chi connectivity index (χ3n) is 12.0. The minimum Gasteiger partial charge on any atom is -0.462 e. The SMILES string of the molecule is CCCCC/C=C\C/C=C\C/C=C\CCCCCCCCCOCC(COC(=O)CCCCCCCCC/C=C\C/C=C\CCCCC)OC(=O)CCCCCCCCCCCCC. The van der Waals surface area contributed by atoms with Gasteiger partial charge in [0.05, 0.1) is 6.61 Å². The lowest BCUT2D eigenvalue weighted by atomic mass is 10.1. The first kappa shape index (κ1) is 61.6. The molecule has 0 amide bonds. The number of allylic oxidation sites excluding steroid dienone is 10. The van der Waals surface area contributed by atoms with E-state index in [1.807, 2.05) is 0 Å². The molecule has 0 aliphatic carbocycles. The van der Waals surface area contributed by atoms with Gasteiger partial charge in [-0.05, 0) is 89.9 Å². The highest BCUT2D eigenvalue weighted by molar-refractivity contribution is 5.70. The lowest BCUT2D eigenvalue weighted by molar-refractivity contribution is -0.163. The van der Waals surface area contributed by atoms with Gasteiger partial charge >= 0.3 is 11.9 Å². The van der Waals surface area contributed by atoms with Crippen LogP contribution in [0.4, 0.5) is 0 Å². The highest BCUT2D eigenvalue weighted by Crippen LogP contribution is 2.15. The molecule has 0 heterocycles. The van der Waals surface area contributed by atoms with Crippen LogP contribution in [0.2, 0.25) is 0 Å². The summed E-state index contributed by atoms with van der Waals surface area (Å²) >= 11 is 0. The molecule has 1 atom stereocenters. The molecule has 64 heavy (non-hydrogen) atoms. The summed E-state index contributed by atoms with van der Waals surface area (Å²) in [5.74, 6) is -0.403. The second-order valence-electron chi connectivity index (χ2n) is 18.5. The Morgan fingerprint density at radius 3 is 1.08 bits per heavy atom. The molecular formula is C59H106O5. The van der Waals surface area contributed by atoms with Crippen LogP contribution in [0.5, 0.6) is 0 Å². The molecule has 0 aromatic carbocycles. The Bertz CT molecular complexity index is 1100. The van der Waals surface area contributed by atoms with Crippen molar-refractivity contribution in [2.24, 2.45) is 0 Å². The molecule has 5 nitrogen and oxygen atoms in total. The van der Waals surface area contributed by atoms with E-state index >= 15 is 0 Å². The molecule has 0 aromatic rings. The van der Waals surface area contributed by atoms with Gasteiger partial charge in [0.1, 0.15) is 6.61 Å². The molecule has 0 rings (SSSR count). The summed E-state index contributed by atoms with van der Waals surface area (Å²) in [5, 5.41) is 0. The first-order chi connectivity index (χ1) is 31.6. The monoisotopic (exact) mass is 895 g/mol. The summed E-state index contributed by atoms with van der Waals surface area (Å²) in [6.45, 7) is 7.77. The Kier molecular flexibility index (Phi) is 52.9. The van der Waals surface area contributed by atoms with Gasteiger partial charge in [-0.15, -0.1) is 0 Å². The van der Waals surface area contributed by atoms with Crippen molar-refractivity contribution < 1.29 is 23.8 Å². The van der Waals surface area contributed by atoms with Crippen LogP contribution in [0.25, 0.3) is 0 Å². The van der Waals surface area contributed by atoms with E-state index in [1.54, 1.807) is 0 Å². The second-order valence-corrected chi connectivity index (χ2v) is 18.5. The summed E-state index contributed by atoms with van der Waals surface area (Å²) in [4.78, 5) is 25.4. The summed E-state index contributed by atoms with van der Waals surface area (Å²) in [7, 11) is 0. The van der Waals surface area contributed by atoms with E-state index in [4.69, 9.17) is 14.2 Å². The molecule has 0 aliphatic heterocycles. The van der Waals surface area contributed by atoms with Gasteiger partial charge in [-0.25, -0.2) is 0 Å². The average Bonchev–Trinajstić information content (AvgIpc) is 3.30. The largest absolute Gasteiger partial charge is 0.462 e. The summed E-state index contributed by atoms with van der Waals surface area (Å²) in [6.07, 6.45) is 69.4. The zero-order valence-corrected chi connectivity index (χ0v) is 42.8. The van der Waals surface area contributed by atoms with Crippen LogP contribution in [0.1, 0.15) is 278 Å². The van der Waals surface area contributed by atoms with Crippen molar-refractivity contribution in [2.75, 3.05) is 19.8 Å². The van der Waals surface area contributed by atoms with Crippen LogP contribution in [-0.4, -0.2) is 37.9 Å². The van der Waals surface area contributed by atoms with E-state index in [-0.39, 0.29) is 25.2 Å².